The third kappa shape index (κ3) is 3.48. The molecule has 0 spiro atoms. The van der Waals surface area contributed by atoms with E-state index in [9.17, 15) is 13.5 Å². The van der Waals surface area contributed by atoms with Gasteiger partial charge in [0.1, 0.15) is 5.75 Å². The Balaban J connectivity index is 2.33. The van der Waals surface area contributed by atoms with Crippen molar-refractivity contribution in [1.82, 2.24) is 4.31 Å². The van der Waals surface area contributed by atoms with Gasteiger partial charge in [-0.25, -0.2) is 8.42 Å². The van der Waals surface area contributed by atoms with Crippen LogP contribution in [0.4, 0.5) is 5.69 Å². The second kappa shape index (κ2) is 6.21. The molecule has 0 heterocycles. The van der Waals surface area contributed by atoms with Gasteiger partial charge < -0.3 is 15.6 Å². The van der Waals surface area contributed by atoms with Crippen molar-refractivity contribution < 1.29 is 18.3 Å². The van der Waals surface area contributed by atoms with Gasteiger partial charge in [0.2, 0.25) is 10.0 Å². The van der Waals surface area contributed by atoms with Crippen LogP contribution in [-0.4, -0.2) is 44.1 Å². The quantitative estimate of drug-likeness (QED) is 0.586. The molecule has 1 saturated carbocycles. The van der Waals surface area contributed by atoms with Gasteiger partial charge in [0.05, 0.1) is 17.2 Å². The highest BCUT2D eigenvalue weighted by Crippen LogP contribution is 2.37. The number of benzene rings is 1. The normalized spacial score (nSPS) is 17.1. The lowest BCUT2D eigenvalue weighted by Crippen LogP contribution is -2.41. The number of rotatable bonds is 7. The van der Waals surface area contributed by atoms with Crippen molar-refractivity contribution in [1.29, 1.82) is 0 Å². The minimum absolute atomic E-state index is 0.0573. The summed E-state index contributed by atoms with van der Waals surface area (Å²) in [6, 6.07) is 3.91. The number of phenols is 1. The van der Waals surface area contributed by atoms with Crippen LogP contribution in [0.1, 0.15) is 19.8 Å². The molecule has 0 saturated heterocycles. The molecule has 118 valence electrons. The molecule has 21 heavy (non-hydrogen) atoms. The zero-order valence-electron chi connectivity index (χ0n) is 12.3. The third-order valence-corrected chi connectivity index (χ3v) is 5.86. The Bertz CT molecular complexity index is 599. The first-order valence-corrected chi connectivity index (χ1v) is 8.41. The van der Waals surface area contributed by atoms with Crippen LogP contribution in [0.3, 0.4) is 0 Å². The molecule has 1 aliphatic rings. The lowest BCUT2D eigenvalue weighted by atomic mass is 10.2. The molecule has 2 rings (SSSR count). The van der Waals surface area contributed by atoms with Crippen LogP contribution in [0.5, 0.6) is 5.75 Å². The number of ether oxygens (including phenoxy) is 1. The van der Waals surface area contributed by atoms with Crippen LogP contribution in [-0.2, 0) is 14.8 Å². The number of hydrogen-bond acceptors (Lipinski definition) is 5. The van der Waals surface area contributed by atoms with E-state index in [1.807, 2.05) is 6.92 Å². The van der Waals surface area contributed by atoms with Gasteiger partial charge in [0, 0.05) is 19.7 Å². The van der Waals surface area contributed by atoms with Crippen LogP contribution in [0, 0.1) is 5.92 Å². The van der Waals surface area contributed by atoms with Gasteiger partial charge >= 0.3 is 0 Å². The first-order valence-electron chi connectivity index (χ1n) is 6.97. The highest BCUT2D eigenvalue weighted by Gasteiger charge is 2.38. The summed E-state index contributed by atoms with van der Waals surface area (Å²) in [6.45, 7) is 2.57. The average molecular weight is 314 g/mol. The number of anilines is 1. The summed E-state index contributed by atoms with van der Waals surface area (Å²) >= 11 is 0. The summed E-state index contributed by atoms with van der Waals surface area (Å²) in [5, 5.41) is 9.44. The zero-order chi connectivity index (χ0) is 15.6. The minimum atomic E-state index is -3.65. The van der Waals surface area contributed by atoms with Gasteiger partial charge in [0.15, 0.2) is 0 Å². The lowest BCUT2D eigenvalue weighted by molar-refractivity contribution is 0.164. The van der Waals surface area contributed by atoms with Gasteiger partial charge in [-0.3, -0.25) is 0 Å². The summed E-state index contributed by atoms with van der Waals surface area (Å²) in [4.78, 5) is 0.0985. The molecular weight excluding hydrogens is 292 g/mol. The van der Waals surface area contributed by atoms with Crippen molar-refractivity contribution in [3.8, 4) is 5.75 Å². The van der Waals surface area contributed by atoms with E-state index in [1.165, 1.54) is 22.5 Å². The molecular formula is C14H22N2O4S. The van der Waals surface area contributed by atoms with Crippen LogP contribution in [0.2, 0.25) is 0 Å². The van der Waals surface area contributed by atoms with Crippen molar-refractivity contribution in [2.24, 2.45) is 5.92 Å². The Labute approximate surface area is 125 Å². The van der Waals surface area contributed by atoms with Gasteiger partial charge in [-0.05, 0) is 43.9 Å². The Morgan fingerprint density at radius 1 is 1.48 bits per heavy atom. The van der Waals surface area contributed by atoms with Gasteiger partial charge in [-0.1, -0.05) is 0 Å². The molecule has 7 heteroatoms. The molecule has 0 aliphatic heterocycles. The fraction of sp³-hybridized carbons (Fsp3) is 0.571. The molecule has 1 aliphatic carbocycles. The Hall–Kier alpha value is -1.31. The van der Waals surface area contributed by atoms with Gasteiger partial charge in [-0.15, -0.1) is 0 Å². The maximum Gasteiger partial charge on any atom is 0.243 e. The molecule has 1 fully saturated rings. The highest BCUT2D eigenvalue weighted by molar-refractivity contribution is 7.89. The number of methoxy groups -OCH3 is 1. The number of nitrogens with zero attached hydrogens (tertiary/aromatic N) is 1. The van der Waals surface area contributed by atoms with Crippen molar-refractivity contribution in [3.63, 3.8) is 0 Å². The Kier molecular flexibility index (Phi) is 4.75. The van der Waals surface area contributed by atoms with Crippen LogP contribution < -0.4 is 5.73 Å². The van der Waals surface area contributed by atoms with Crippen LogP contribution >= 0.6 is 0 Å². The highest BCUT2D eigenvalue weighted by atomic mass is 32.2. The van der Waals surface area contributed by atoms with E-state index in [2.05, 4.69) is 0 Å². The summed E-state index contributed by atoms with van der Waals surface area (Å²) in [6.07, 6.45) is 2.11. The van der Waals surface area contributed by atoms with E-state index in [0.29, 0.717) is 19.1 Å². The summed E-state index contributed by atoms with van der Waals surface area (Å²) < 4.78 is 32.1. The Morgan fingerprint density at radius 3 is 2.67 bits per heavy atom. The van der Waals surface area contributed by atoms with Crippen molar-refractivity contribution in [3.05, 3.63) is 18.2 Å². The van der Waals surface area contributed by atoms with E-state index < -0.39 is 10.0 Å². The van der Waals surface area contributed by atoms with E-state index in [4.69, 9.17) is 10.5 Å². The fourth-order valence-corrected chi connectivity index (χ4v) is 4.08. The van der Waals surface area contributed by atoms with E-state index in [-0.39, 0.29) is 22.4 Å². The maximum absolute atomic E-state index is 12.8. The monoisotopic (exact) mass is 314 g/mol. The summed E-state index contributed by atoms with van der Waals surface area (Å²) in [5.74, 6) is 0.290. The Morgan fingerprint density at radius 2 is 2.14 bits per heavy atom. The molecule has 1 unspecified atom stereocenters. The zero-order valence-corrected chi connectivity index (χ0v) is 13.1. The largest absolute Gasteiger partial charge is 0.506 e. The summed E-state index contributed by atoms with van der Waals surface area (Å²) in [7, 11) is -2.11. The van der Waals surface area contributed by atoms with E-state index in [1.54, 1.807) is 7.11 Å². The minimum Gasteiger partial charge on any atom is -0.506 e. The predicted molar refractivity (Wildman–Crippen MR) is 80.5 cm³/mol. The number of nitrogen functional groups attached to an aromatic ring is 1. The second-order valence-corrected chi connectivity index (χ2v) is 7.30. The number of aromatic hydroxyl groups is 1. The van der Waals surface area contributed by atoms with Gasteiger partial charge in [0.25, 0.3) is 0 Å². The van der Waals surface area contributed by atoms with Gasteiger partial charge in [-0.2, -0.15) is 4.31 Å². The fourth-order valence-electron chi connectivity index (χ4n) is 2.37. The molecule has 0 amide bonds. The van der Waals surface area contributed by atoms with Crippen molar-refractivity contribution in [2.45, 2.75) is 30.7 Å². The molecule has 1 aromatic carbocycles. The number of hydrogen-bond donors (Lipinski definition) is 2. The molecule has 3 N–H and O–H groups in total. The van der Waals surface area contributed by atoms with Crippen molar-refractivity contribution in [2.75, 3.05) is 26.0 Å². The SMILES string of the molecule is COCCN(C(C)C1CC1)S(=O)(=O)c1ccc(O)c(N)c1. The topological polar surface area (TPSA) is 92.9 Å². The second-order valence-electron chi connectivity index (χ2n) is 5.41. The number of phenolic OH excluding ortho intramolecular Hbond substituents is 1. The standard InChI is InChI=1S/C14H22N2O4S/c1-10(11-3-4-11)16(7-8-20-2)21(18,19)12-5-6-14(17)13(15)9-12/h5-6,9-11,17H,3-4,7-8,15H2,1-2H3. The number of sulfonamides is 1. The van der Waals surface area contributed by atoms with E-state index >= 15 is 0 Å². The van der Waals surface area contributed by atoms with Crippen LogP contribution in [0.15, 0.2) is 23.1 Å². The smallest absolute Gasteiger partial charge is 0.243 e. The van der Waals surface area contributed by atoms with E-state index in [0.717, 1.165) is 12.8 Å². The number of nitrogens with two attached hydrogens (primary N) is 1. The molecule has 1 atom stereocenters. The predicted octanol–water partition coefficient (Wildman–Crippen LogP) is 1.41. The molecule has 6 nitrogen and oxygen atoms in total. The van der Waals surface area contributed by atoms with Crippen LogP contribution in [0.25, 0.3) is 0 Å². The summed E-state index contributed by atoms with van der Waals surface area (Å²) in [5.41, 5.74) is 5.67. The first kappa shape index (κ1) is 16.1. The first-order chi connectivity index (χ1) is 9.87. The maximum atomic E-state index is 12.8. The average Bonchev–Trinajstić information content (AvgIpc) is 3.26. The van der Waals surface area contributed by atoms with Crippen molar-refractivity contribution >= 4 is 15.7 Å². The molecule has 0 aromatic heterocycles. The molecule has 1 aromatic rings. The lowest BCUT2D eigenvalue weighted by Gasteiger charge is -2.28. The third-order valence-electron chi connectivity index (χ3n) is 3.88. The molecule has 0 radical (unpaired) electrons. The molecule has 0 bridgehead atoms.